The van der Waals surface area contributed by atoms with Crippen LogP contribution in [-0.2, 0) is 6.42 Å². The number of allylic oxidation sites excluding steroid dienone is 1. The van der Waals surface area contributed by atoms with Crippen LogP contribution in [-0.4, -0.2) is 11.1 Å². The van der Waals surface area contributed by atoms with Gasteiger partial charge in [-0.25, -0.2) is 4.79 Å². The smallest absolute Gasteiger partial charge is 0.335 e. The number of aryl methyl sites for hydroxylation is 1. The first-order valence-corrected chi connectivity index (χ1v) is 6.79. The Kier molecular flexibility index (Phi) is 5.13. The molecule has 1 N–H and O–H groups in total. The summed E-state index contributed by atoms with van der Waals surface area (Å²) in [6, 6.07) is 17.4. The lowest BCUT2D eigenvalue weighted by Gasteiger charge is -1.98. The normalized spacial score (nSPS) is 10.8. The summed E-state index contributed by atoms with van der Waals surface area (Å²) in [7, 11) is 0. The standard InChI is InChI=1S/C18H18O2/c19-18(20)17-13-11-16(12-14-17)10-6-2-5-9-15-7-3-1-4-8-15/h1,3-4,6-8,10-14H,2,5,9H2,(H,19,20). The molecule has 0 fully saturated rings. The molecule has 2 heteroatoms. The quantitative estimate of drug-likeness (QED) is 0.786. The van der Waals surface area contributed by atoms with Crippen LogP contribution >= 0.6 is 0 Å². The zero-order chi connectivity index (χ0) is 14.2. The molecule has 102 valence electrons. The number of carboxylic acids is 1. The van der Waals surface area contributed by atoms with Gasteiger partial charge >= 0.3 is 5.97 Å². The molecular formula is C18H18O2. The maximum Gasteiger partial charge on any atom is 0.335 e. The van der Waals surface area contributed by atoms with Gasteiger partial charge in [0.05, 0.1) is 5.56 Å². The predicted octanol–water partition coefficient (Wildman–Crippen LogP) is 4.42. The molecule has 20 heavy (non-hydrogen) atoms. The Bertz CT molecular complexity index is 568. The fraction of sp³-hybridized carbons (Fsp3) is 0.167. The van der Waals surface area contributed by atoms with Gasteiger partial charge in [0, 0.05) is 0 Å². The summed E-state index contributed by atoms with van der Waals surface area (Å²) >= 11 is 0. The van der Waals surface area contributed by atoms with Crippen molar-refractivity contribution in [1.82, 2.24) is 0 Å². The molecule has 0 aliphatic rings. The van der Waals surface area contributed by atoms with E-state index in [2.05, 4.69) is 30.3 Å². The second-order valence-electron chi connectivity index (χ2n) is 4.71. The molecule has 0 aromatic heterocycles. The first kappa shape index (κ1) is 14.1. The Hall–Kier alpha value is -2.35. The Balaban J connectivity index is 1.77. The van der Waals surface area contributed by atoms with Crippen molar-refractivity contribution in [2.24, 2.45) is 0 Å². The molecule has 2 nitrogen and oxygen atoms in total. The Morgan fingerprint density at radius 2 is 1.70 bits per heavy atom. The summed E-state index contributed by atoms with van der Waals surface area (Å²) < 4.78 is 0. The van der Waals surface area contributed by atoms with Gasteiger partial charge in [-0.15, -0.1) is 0 Å². The molecule has 0 aliphatic carbocycles. The third kappa shape index (κ3) is 4.39. The van der Waals surface area contributed by atoms with Crippen molar-refractivity contribution in [2.45, 2.75) is 19.3 Å². The van der Waals surface area contributed by atoms with Crippen molar-refractivity contribution in [3.05, 3.63) is 77.4 Å². The molecule has 0 bridgehead atoms. The van der Waals surface area contributed by atoms with Crippen LogP contribution in [0.3, 0.4) is 0 Å². The third-order valence-corrected chi connectivity index (χ3v) is 3.15. The highest BCUT2D eigenvalue weighted by Crippen LogP contribution is 2.09. The molecule has 2 aromatic carbocycles. The lowest BCUT2D eigenvalue weighted by molar-refractivity contribution is 0.0697. The van der Waals surface area contributed by atoms with Crippen LogP contribution in [0.4, 0.5) is 0 Å². The monoisotopic (exact) mass is 266 g/mol. The highest BCUT2D eigenvalue weighted by molar-refractivity contribution is 5.87. The van der Waals surface area contributed by atoms with Crippen molar-refractivity contribution in [3.8, 4) is 0 Å². The first-order chi connectivity index (χ1) is 9.75. The number of benzene rings is 2. The fourth-order valence-corrected chi connectivity index (χ4v) is 2.02. The van der Waals surface area contributed by atoms with Crippen molar-refractivity contribution in [1.29, 1.82) is 0 Å². The van der Waals surface area contributed by atoms with E-state index in [1.165, 1.54) is 5.56 Å². The highest BCUT2D eigenvalue weighted by atomic mass is 16.4. The average molecular weight is 266 g/mol. The maximum absolute atomic E-state index is 10.7. The van der Waals surface area contributed by atoms with Gasteiger partial charge in [-0.1, -0.05) is 54.6 Å². The molecular weight excluding hydrogens is 248 g/mol. The van der Waals surface area contributed by atoms with Crippen LogP contribution in [0, 0.1) is 0 Å². The van der Waals surface area contributed by atoms with E-state index in [4.69, 9.17) is 5.11 Å². The number of hydrogen-bond donors (Lipinski definition) is 1. The van der Waals surface area contributed by atoms with Crippen molar-refractivity contribution < 1.29 is 9.90 Å². The molecule has 0 unspecified atom stereocenters. The van der Waals surface area contributed by atoms with Crippen LogP contribution < -0.4 is 0 Å². The number of carboxylic acid groups (broad SMARTS) is 1. The van der Waals surface area contributed by atoms with Crippen LogP contribution in [0.2, 0.25) is 0 Å². The summed E-state index contributed by atoms with van der Waals surface area (Å²) in [6.07, 6.45) is 7.40. The lowest BCUT2D eigenvalue weighted by Crippen LogP contribution is -1.94. The zero-order valence-electron chi connectivity index (χ0n) is 11.3. The molecule has 0 heterocycles. The van der Waals surface area contributed by atoms with E-state index in [0.29, 0.717) is 5.56 Å². The molecule has 0 aliphatic heterocycles. The fourth-order valence-electron chi connectivity index (χ4n) is 2.02. The largest absolute Gasteiger partial charge is 0.478 e. The van der Waals surface area contributed by atoms with Gasteiger partial charge in [0.2, 0.25) is 0 Å². The molecule has 2 aromatic rings. The van der Waals surface area contributed by atoms with E-state index in [-0.39, 0.29) is 0 Å². The van der Waals surface area contributed by atoms with Crippen LogP contribution in [0.15, 0.2) is 60.7 Å². The minimum absolute atomic E-state index is 0.325. The second kappa shape index (κ2) is 7.29. The van der Waals surface area contributed by atoms with Crippen LogP contribution in [0.5, 0.6) is 0 Å². The topological polar surface area (TPSA) is 37.3 Å². The van der Waals surface area contributed by atoms with Crippen LogP contribution in [0.25, 0.3) is 6.08 Å². The Morgan fingerprint density at radius 3 is 2.35 bits per heavy atom. The summed E-state index contributed by atoms with van der Waals surface area (Å²) in [5.41, 5.74) is 2.73. The van der Waals surface area contributed by atoms with Crippen molar-refractivity contribution in [3.63, 3.8) is 0 Å². The summed E-state index contributed by atoms with van der Waals surface area (Å²) in [5.74, 6) is -0.886. The van der Waals surface area contributed by atoms with Gasteiger partial charge in [-0.2, -0.15) is 0 Å². The average Bonchev–Trinajstić information content (AvgIpc) is 2.48. The minimum Gasteiger partial charge on any atom is -0.478 e. The van der Waals surface area contributed by atoms with Crippen LogP contribution in [0.1, 0.15) is 34.3 Å². The molecule has 0 atom stereocenters. The SMILES string of the molecule is O=C(O)c1ccc(C=CCCCc2ccccc2)cc1. The lowest BCUT2D eigenvalue weighted by atomic mass is 10.1. The van der Waals surface area contributed by atoms with Gasteiger partial charge in [0.1, 0.15) is 0 Å². The molecule has 0 saturated heterocycles. The van der Waals surface area contributed by atoms with E-state index in [1.54, 1.807) is 12.1 Å². The number of aromatic carboxylic acids is 1. The Morgan fingerprint density at radius 1 is 1.00 bits per heavy atom. The van der Waals surface area contributed by atoms with Gasteiger partial charge in [0.15, 0.2) is 0 Å². The summed E-state index contributed by atoms with van der Waals surface area (Å²) in [5, 5.41) is 8.81. The van der Waals surface area contributed by atoms with E-state index in [1.807, 2.05) is 24.3 Å². The number of unbranched alkanes of at least 4 members (excludes halogenated alkanes) is 1. The Labute approximate surface area is 119 Å². The number of rotatable bonds is 6. The van der Waals surface area contributed by atoms with E-state index < -0.39 is 5.97 Å². The first-order valence-electron chi connectivity index (χ1n) is 6.79. The van der Waals surface area contributed by atoms with Gasteiger partial charge < -0.3 is 5.11 Å². The van der Waals surface area contributed by atoms with E-state index in [0.717, 1.165) is 24.8 Å². The maximum atomic E-state index is 10.7. The van der Waals surface area contributed by atoms with Crippen molar-refractivity contribution in [2.75, 3.05) is 0 Å². The second-order valence-corrected chi connectivity index (χ2v) is 4.71. The van der Waals surface area contributed by atoms with Gasteiger partial charge in [0.25, 0.3) is 0 Å². The molecule has 0 spiro atoms. The molecule has 0 amide bonds. The minimum atomic E-state index is -0.886. The van der Waals surface area contributed by atoms with Gasteiger partial charge in [-0.3, -0.25) is 0 Å². The van der Waals surface area contributed by atoms with E-state index >= 15 is 0 Å². The zero-order valence-corrected chi connectivity index (χ0v) is 11.3. The van der Waals surface area contributed by atoms with E-state index in [9.17, 15) is 4.79 Å². The number of carbonyl (C=O) groups is 1. The summed E-state index contributed by atoms with van der Waals surface area (Å²) in [4.78, 5) is 10.7. The predicted molar refractivity (Wildman–Crippen MR) is 81.8 cm³/mol. The highest BCUT2D eigenvalue weighted by Gasteiger charge is 1.99. The van der Waals surface area contributed by atoms with Crippen molar-refractivity contribution >= 4 is 12.0 Å². The molecule has 0 radical (unpaired) electrons. The van der Waals surface area contributed by atoms with Gasteiger partial charge in [-0.05, 0) is 42.5 Å². The molecule has 2 rings (SSSR count). The number of hydrogen-bond acceptors (Lipinski definition) is 1. The third-order valence-electron chi connectivity index (χ3n) is 3.15. The summed E-state index contributed by atoms with van der Waals surface area (Å²) in [6.45, 7) is 0. The molecule has 0 saturated carbocycles.